The molecular formula is C13H18N4O. The van der Waals surface area contributed by atoms with Crippen molar-refractivity contribution in [3.8, 4) is 0 Å². The first-order valence-corrected chi connectivity index (χ1v) is 6.10. The largest absolute Gasteiger partial charge is 0.388 e. The van der Waals surface area contributed by atoms with Gasteiger partial charge in [-0.1, -0.05) is 0 Å². The third kappa shape index (κ3) is 2.73. The van der Waals surface area contributed by atoms with Gasteiger partial charge in [-0.05, 0) is 32.4 Å². The predicted molar refractivity (Wildman–Crippen MR) is 68.1 cm³/mol. The van der Waals surface area contributed by atoms with E-state index in [2.05, 4.69) is 15.3 Å². The monoisotopic (exact) mass is 246 g/mol. The van der Waals surface area contributed by atoms with E-state index in [1.807, 2.05) is 37.7 Å². The molecule has 0 aliphatic rings. The summed E-state index contributed by atoms with van der Waals surface area (Å²) < 4.78 is 1.85. The molecule has 18 heavy (non-hydrogen) atoms. The summed E-state index contributed by atoms with van der Waals surface area (Å²) in [6.07, 6.45) is 3.74. The number of rotatable bonds is 4. The summed E-state index contributed by atoms with van der Waals surface area (Å²) in [7, 11) is 0. The van der Waals surface area contributed by atoms with E-state index in [9.17, 15) is 5.11 Å². The number of hydrogen-bond acceptors (Lipinski definition) is 4. The number of nitrogens with zero attached hydrogens (tertiary/aromatic N) is 4. The van der Waals surface area contributed by atoms with Crippen LogP contribution in [0.1, 0.15) is 35.5 Å². The number of aliphatic hydroxyl groups is 1. The number of hydrogen-bond donors (Lipinski definition) is 1. The fourth-order valence-corrected chi connectivity index (χ4v) is 1.93. The van der Waals surface area contributed by atoms with Crippen molar-refractivity contribution in [1.29, 1.82) is 0 Å². The third-order valence-corrected chi connectivity index (χ3v) is 2.94. The molecule has 0 saturated heterocycles. The summed E-state index contributed by atoms with van der Waals surface area (Å²) in [5, 5.41) is 22.5. The van der Waals surface area contributed by atoms with Crippen molar-refractivity contribution in [2.75, 3.05) is 0 Å². The van der Waals surface area contributed by atoms with Gasteiger partial charge >= 0.3 is 0 Å². The van der Waals surface area contributed by atoms with Gasteiger partial charge in [-0.25, -0.2) is 0 Å². The predicted octanol–water partition coefficient (Wildman–Crippen LogP) is 1.59. The van der Waals surface area contributed by atoms with Crippen LogP contribution >= 0.6 is 0 Å². The van der Waals surface area contributed by atoms with Crippen LogP contribution < -0.4 is 0 Å². The summed E-state index contributed by atoms with van der Waals surface area (Å²) in [4.78, 5) is 0. The highest BCUT2D eigenvalue weighted by Gasteiger charge is 2.14. The van der Waals surface area contributed by atoms with Crippen LogP contribution in [0.15, 0.2) is 18.5 Å². The maximum atomic E-state index is 10.3. The van der Waals surface area contributed by atoms with Gasteiger partial charge in [0.15, 0.2) is 0 Å². The summed E-state index contributed by atoms with van der Waals surface area (Å²) >= 11 is 0. The van der Waals surface area contributed by atoms with Gasteiger partial charge in [-0.2, -0.15) is 15.3 Å². The van der Waals surface area contributed by atoms with Crippen molar-refractivity contribution in [3.05, 3.63) is 41.0 Å². The van der Waals surface area contributed by atoms with Gasteiger partial charge in [0.05, 0.1) is 23.7 Å². The SMILES string of the molecule is CCn1cc(CC(O)c2cc(C)nnc2C)cn1. The van der Waals surface area contributed by atoms with Crippen molar-refractivity contribution in [1.82, 2.24) is 20.0 Å². The zero-order valence-corrected chi connectivity index (χ0v) is 11.0. The van der Waals surface area contributed by atoms with Crippen LogP contribution in [0, 0.1) is 13.8 Å². The molecule has 0 spiro atoms. The molecule has 2 aromatic rings. The van der Waals surface area contributed by atoms with Gasteiger partial charge in [0.1, 0.15) is 0 Å². The Balaban J connectivity index is 2.16. The van der Waals surface area contributed by atoms with Crippen LogP contribution in [-0.2, 0) is 13.0 Å². The molecule has 96 valence electrons. The van der Waals surface area contributed by atoms with Crippen molar-refractivity contribution in [2.45, 2.75) is 39.8 Å². The molecule has 1 unspecified atom stereocenters. The van der Waals surface area contributed by atoms with Gasteiger partial charge in [0, 0.05) is 24.7 Å². The average Bonchev–Trinajstić information content (AvgIpc) is 2.80. The van der Waals surface area contributed by atoms with Crippen LogP contribution in [0.25, 0.3) is 0 Å². The fraction of sp³-hybridized carbons (Fsp3) is 0.462. The van der Waals surface area contributed by atoms with Crippen LogP contribution in [0.2, 0.25) is 0 Å². The number of aromatic nitrogens is 4. The van der Waals surface area contributed by atoms with Crippen LogP contribution in [-0.4, -0.2) is 25.1 Å². The number of aryl methyl sites for hydroxylation is 3. The van der Waals surface area contributed by atoms with Gasteiger partial charge in [0.2, 0.25) is 0 Å². The first kappa shape index (κ1) is 12.7. The lowest BCUT2D eigenvalue weighted by Crippen LogP contribution is -2.06. The molecular weight excluding hydrogens is 228 g/mol. The second kappa shape index (κ2) is 5.27. The van der Waals surface area contributed by atoms with Gasteiger partial charge in [-0.15, -0.1) is 0 Å². The van der Waals surface area contributed by atoms with Crippen molar-refractivity contribution >= 4 is 0 Å². The first-order valence-electron chi connectivity index (χ1n) is 6.10. The summed E-state index contributed by atoms with van der Waals surface area (Å²) in [5.41, 5.74) is 3.46. The van der Waals surface area contributed by atoms with E-state index in [1.165, 1.54) is 0 Å². The number of aliphatic hydroxyl groups excluding tert-OH is 1. The van der Waals surface area contributed by atoms with Gasteiger partial charge < -0.3 is 5.11 Å². The lowest BCUT2D eigenvalue weighted by Gasteiger charge is -2.12. The van der Waals surface area contributed by atoms with Crippen molar-refractivity contribution < 1.29 is 5.11 Å². The molecule has 0 aromatic carbocycles. The van der Waals surface area contributed by atoms with E-state index in [-0.39, 0.29) is 0 Å². The molecule has 0 aliphatic carbocycles. The smallest absolute Gasteiger partial charge is 0.0850 e. The van der Waals surface area contributed by atoms with E-state index in [0.717, 1.165) is 29.1 Å². The molecule has 0 bridgehead atoms. The molecule has 1 atom stereocenters. The highest BCUT2D eigenvalue weighted by atomic mass is 16.3. The standard InChI is InChI=1S/C13H18N4O/c1-4-17-8-11(7-14-17)6-13(18)12-5-9(2)15-16-10(12)3/h5,7-8,13,18H,4,6H2,1-3H3. The molecule has 2 heterocycles. The zero-order valence-electron chi connectivity index (χ0n) is 11.0. The fourth-order valence-electron chi connectivity index (χ4n) is 1.93. The Hall–Kier alpha value is -1.75. The Kier molecular flexibility index (Phi) is 3.72. The molecule has 5 nitrogen and oxygen atoms in total. The Morgan fingerprint density at radius 3 is 2.78 bits per heavy atom. The van der Waals surface area contributed by atoms with Crippen LogP contribution in [0.4, 0.5) is 0 Å². The molecule has 0 amide bonds. The lowest BCUT2D eigenvalue weighted by molar-refractivity contribution is 0.177. The second-order valence-corrected chi connectivity index (χ2v) is 4.45. The molecule has 2 aromatic heterocycles. The van der Waals surface area contributed by atoms with Crippen LogP contribution in [0.5, 0.6) is 0 Å². The van der Waals surface area contributed by atoms with E-state index in [1.54, 1.807) is 6.20 Å². The molecule has 0 fully saturated rings. The van der Waals surface area contributed by atoms with Gasteiger partial charge in [-0.3, -0.25) is 4.68 Å². The molecule has 0 radical (unpaired) electrons. The third-order valence-electron chi connectivity index (χ3n) is 2.94. The highest BCUT2D eigenvalue weighted by Crippen LogP contribution is 2.20. The molecule has 1 N–H and O–H groups in total. The Morgan fingerprint density at radius 1 is 1.33 bits per heavy atom. The molecule has 0 aliphatic heterocycles. The lowest BCUT2D eigenvalue weighted by atomic mass is 10.0. The minimum absolute atomic E-state index is 0.548. The summed E-state index contributed by atoms with van der Waals surface area (Å²) in [6.45, 7) is 6.61. The van der Waals surface area contributed by atoms with E-state index >= 15 is 0 Å². The van der Waals surface area contributed by atoms with E-state index < -0.39 is 6.10 Å². The quantitative estimate of drug-likeness (QED) is 0.889. The molecule has 5 heteroatoms. The molecule has 2 rings (SSSR count). The minimum Gasteiger partial charge on any atom is -0.388 e. The normalized spacial score (nSPS) is 12.7. The summed E-state index contributed by atoms with van der Waals surface area (Å²) in [5.74, 6) is 0. The maximum absolute atomic E-state index is 10.3. The topological polar surface area (TPSA) is 63.8 Å². The zero-order chi connectivity index (χ0) is 13.1. The van der Waals surface area contributed by atoms with E-state index in [4.69, 9.17) is 0 Å². The van der Waals surface area contributed by atoms with Crippen molar-refractivity contribution in [2.24, 2.45) is 0 Å². The van der Waals surface area contributed by atoms with Gasteiger partial charge in [0.25, 0.3) is 0 Å². The maximum Gasteiger partial charge on any atom is 0.0850 e. The van der Waals surface area contributed by atoms with Crippen LogP contribution in [0.3, 0.4) is 0 Å². The van der Waals surface area contributed by atoms with Crippen molar-refractivity contribution in [3.63, 3.8) is 0 Å². The Morgan fingerprint density at radius 2 is 2.11 bits per heavy atom. The average molecular weight is 246 g/mol. The Bertz CT molecular complexity index is 536. The van der Waals surface area contributed by atoms with E-state index in [0.29, 0.717) is 6.42 Å². The Labute approximate surface area is 106 Å². The first-order chi connectivity index (χ1) is 8.60. The minimum atomic E-state index is -0.561. The molecule has 0 saturated carbocycles. The summed E-state index contributed by atoms with van der Waals surface area (Å²) in [6, 6.07) is 1.89. The highest BCUT2D eigenvalue weighted by molar-refractivity contribution is 5.24. The second-order valence-electron chi connectivity index (χ2n) is 4.45.